The van der Waals surface area contributed by atoms with Crippen molar-refractivity contribution < 1.29 is 9.53 Å². The first kappa shape index (κ1) is 16.6. The fourth-order valence-corrected chi connectivity index (χ4v) is 4.88. The molecule has 25 heavy (non-hydrogen) atoms. The fraction of sp³-hybridized carbons (Fsp3) is 0.571. The minimum Gasteiger partial charge on any atom is -0.466 e. The molecule has 1 aromatic heterocycles. The highest BCUT2D eigenvalue weighted by Gasteiger charge is 2.37. The Hall–Kier alpha value is -1.81. The molecule has 4 nitrogen and oxygen atoms in total. The van der Waals surface area contributed by atoms with E-state index in [1.165, 1.54) is 41.9 Å². The second-order valence-corrected chi connectivity index (χ2v) is 7.62. The first-order valence-electron chi connectivity index (χ1n) is 9.64. The van der Waals surface area contributed by atoms with E-state index < -0.39 is 0 Å². The van der Waals surface area contributed by atoms with Gasteiger partial charge >= 0.3 is 5.97 Å². The Labute approximate surface area is 149 Å². The van der Waals surface area contributed by atoms with Crippen LogP contribution in [0.1, 0.15) is 50.4 Å². The van der Waals surface area contributed by atoms with Crippen LogP contribution in [0, 0.1) is 11.8 Å². The summed E-state index contributed by atoms with van der Waals surface area (Å²) in [7, 11) is 0. The monoisotopic (exact) mass is 340 g/mol. The van der Waals surface area contributed by atoms with Gasteiger partial charge in [0.25, 0.3) is 0 Å². The van der Waals surface area contributed by atoms with Crippen molar-refractivity contribution in [2.24, 2.45) is 11.8 Å². The number of carbonyl (C=O) groups excluding carboxylic acids is 1. The molecule has 1 aromatic carbocycles. The lowest BCUT2D eigenvalue weighted by Gasteiger charge is -2.44. The number of aromatic amines is 1. The number of nitrogens with zero attached hydrogens (tertiary/aromatic N) is 1. The number of hydrogen-bond donors (Lipinski definition) is 1. The predicted molar refractivity (Wildman–Crippen MR) is 99.5 cm³/mol. The molecule has 2 aliphatic rings. The van der Waals surface area contributed by atoms with Gasteiger partial charge < -0.3 is 9.72 Å². The molecule has 0 spiro atoms. The van der Waals surface area contributed by atoms with Gasteiger partial charge in [-0.25, -0.2) is 0 Å². The fourth-order valence-electron chi connectivity index (χ4n) is 4.88. The zero-order valence-electron chi connectivity index (χ0n) is 15.3. The highest BCUT2D eigenvalue weighted by atomic mass is 16.5. The van der Waals surface area contributed by atoms with Crippen LogP contribution in [0.3, 0.4) is 0 Å². The zero-order valence-corrected chi connectivity index (χ0v) is 15.3. The van der Waals surface area contributed by atoms with Crippen molar-refractivity contribution >= 4 is 16.9 Å². The van der Waals surface area contributed by atoms with Gasteiger partial charge in [-0.2, -0.15) is 0 Å². The summed E-state index contributed by atoms with van der Waals surface area (Å²) in [4.78, 5) is 17.6. The van der Waals surface area contributed by atoms with Gasteiger partial charge in [0.1, 0.15) is 0 Å². The maximum atomic E-state index is 11.2. The Balaban J connectivity index is 1.58. The third kappa shape index (κ3) is 3.08. The molecule has 0 unspecified atom stereocenters. The number of H-pyrrole nitrogens is 1. The van der Waals surface area contributed by atoms with Crippen molar-refractivity contribution in [3.8, 4) is 0 Å². The van der Waals surface area contributed by atoms with Crippen molar-refractivity contribution in [1.29, 1.82) is 0 Å². The van der Waals surface area contributed by atoms with E-state index in [-0.39, 0.29) is 5.97 Å². The molecule has 1 saturated heterocycles. The van der Waals surface area contributed by atoms with E-state index in [1.807, 2.05) is 0 Å². The number of fused-ring (bicyclic) bond motifs is 5. The van der Waals surface area contributed by atoms with E-state index in [2.05, 4.69) is 41.1 Å². The van der Waals surface area contributed by atoms with E-state index in [1.54, 1.807) is 0 Å². The minimum atomic E-state index is -0.161. The summed E-state index contributed by atoms with van der Waals surface area (Å²) in [6, 6.07) is 9.17. The molecule has 2 aromatic rings. The standard InChI is InChI=1S/C21H28N2O2/c1-3-15(13-25-14(2)24)16-8-10-23-11-9-18-17-6-4-5-7-19(17)22-21(18)20(23)12-16/h4-7,15-16,20,22H,3,8-13H2,1-2H3/t15-,16-,20-/m0/s1. The molecule has 2 aliphatic heterocycles. The van der Waals surface area contributed by atoms with Crippen LogP contribution in [0.25, 0.3) is 10.9 Å². The second kappa shape index (κ2) is 6.83. The third-order valence-electron chi connectivity index (χ3n) is 6.27. The number of nitrogens with one attached hydrogen (secondary N) is 1. The van der Waals surface area contributed by atoms with Gasteiger partial charge in [-0.05, 0) is 55.7 Å². The van der Waals surface area contributed by atoms with E-state index in [0.717, 1.165) is 25.9 Å². The summed E-state index contributed by atoms with van der Waals surface area (Å²) in [5.41, 5.74) is 4.22. The van der Waals surface area contributed by atoms with Gasteiger partial charge in [0.2, 0.25) is 0 Å². The molecule has 0 amide bonds. The molecule has 1 N–H and O–H groups in total. The lowest BCUT2D eigenvalue weighted by atomic mass is 9.77. The molecule has 4 rings (SSSR count). The first-order chi connectivity index (χ1) is 12.2. The smallest absolute Gasteiger partial charge is 0.302 e. The molecular formula is C21H28N2O2. The molecule has 3 heterocycles. The second-order valence-electron chi connectivity index (χ2n) is 7.62. The van der Waals surface area contributed by atoms with Crippen LogP contribution in [0.5, 0.6) is 0 Å². The minimum absolute atomic E-state index is 0.161. The molecule has 0 saturated carbocycles. The Morgan fingerprint density at radius 3 is 3.00 bits per heavy atom. The normalized spacial score (nSPS) is 24.6. The Kier molecular flexibility index (Phi) is 4.55. The maximum Gasteiger partial charge on any atom is 0.302 e. The largest absolute Gasteiger partial charge is 0.466 e. The van der Waals surface area contributed by atoms with Crippen molar-refractivity contribution in [1.82, 2.24) is 9.88 Å². The molecule has 0 radical (unpaired) electrons. The summed E-state index contributed by atoms with van der Waals surface area (Å²) in [6.07, 6.45) is 4.60. The van der Waals surface area contributed by atoms with Gasteiger partial charge in [0, 0.05) is 30.1 Å². The van der Waals surface area contributed by atoms with Crippen LogP contribution in [0.4, 0.5) is 0 Å². The summed E-state index contributed by atoms with van der Waals surface area (Å²) in [5.74, 6) is 0.940. The number of hydrogen-bond acceptors (Lipinski definition) is 3. The SMILES string of the molecule is CC[C@@H](COC(C)=O)[C@H]1CCN2CCc3c([nH]c4ccccc34)[C@@H]2C1. The van der Waals surface area contributed by atoms with Crippen LogP contribution in [-0.2, 0) is 16.0 Å². The van der Waals surface area contributed by atoms with Gasteiger partial charge in [0.05, 0.1) is 12.6 Å². The van der Waals surface area contributed by atoms with Crippen LogP contribution < -0.4 is 0 Å². The third-order valence-corrected chi connectivity index (χ3v) is 6.27. The molecular weight excluding hydrogens is 312 g/mol. The van der Waals surface area contributed by atoms with Crippen molar-refractivity contribution in [2.45, 2.75) is 45.6 Å². The van der Waals surface area contributed by atoms with Crippen molar-refractivity contribution in [3.05, 3.63) is 35.5 Å². The van der Waals surface area contributed by atoms with Gasteiger partial charge in [-0.3, -0.25) is 9.69 Å². The number of piperidine rings is 1. The summed E-state index contributed by atoms with van der Waals surface area (Å²) < 4.78 is 5.34. The van der Waals surface area contributed by atoms with Gasteiger partial charge in [0.15, 0.2) is 0 Å². The van der Waals surface area contributed by atoms with Crippen molar-refractivity contribution in [3.63, 3.8) is 0 Å². The van der Waals surface area contributed by atoms with E-state index in [9.17, 15) is 4.79 Å². The number of benzene rings is 1. The lowest BCUT2D eigenvalue weighted by Crippen LogP contribution is -2.43. The highest BCUT2D eigenvalue weighted by Crippen LogP contribution is 2.43. The predicted octanol–water partition coefficient (Wildman–Crippen LogP) is 4.07. The van der Waals surface area contributed by atoms with Crippen LogP contribution in [0.2, 0.25) is 0 Å². The summed E-state index contributed by atoms with van der Waals surface area (Å²) >= 11 is 0. The van der Waals surface area contributed by atoms with Crippen LogP contribution in [-0.4, -0.2) is 35.5 Å². The van der Waals surface area contributed by atoms with Crippen LogP contribution in [0.15, 0.2) is 24.3 Å². The number of carbonyl (C=O) groups is 1. The lowest BCUT2D eigenvalue weighted by molar-refractivity contribution is -0.143. The molecule has 4 heteroatoms. The number of aromatic nitrogens is 1. The topological polar surface area (TPSA) is 45.3 Å². The molecule has 0 aliphatic carbocycles. The highest BCUT2D eigenvalue weighted by molar-refractivity contribution is 5.85. The molecule has 134 valence electrons. The zero-order chi connectivity index (χ0) is 17.4. The number of rotatable bonds is 4. The number of ether oxygens (including phenoxy) is 1. The van der Waals surface area contributed by atoms with E-state index in [0.29, 0.717) is 24.5 Å². The molecule has 0 bridgehead atoms. The Morgan fingerprint density at radius 2 is 2.20 bits per heavy atom. The average molecular weight is 340 g/mol. The molecule has 3 atom stereocenters. The first-order valence-corrected chi connectivity index (χ1v) is 9.64. The molecule has 1 fully saturated rings. The Morgan fingerprint density at radius 1 is 1.36 bits per heavy atom. The van der Waals surface area contributed by atoms with E-state index in [4.69, 9.17) is 4.74 Å². The summed E-state index contributed by atoms with van der Waals surface area (Å²) in [6.45, 7) is 6.61. The average Bonchev–Trinajstić information content (AvgIpc) is 3.01. The van der Waals surface area contributed by atoms with Crippen molar-refractivity contribution in [2.75, 3.05) is 19.7 Å². The maximum absolute atomic E-state index is 11.2. The van der Waals surface area contributed by atoms with Crippen LogP contribution >= 0.6 is 0 Å². The van der Waals surface area contributed by atoms with Gasteiger partial charge in [-0.1, -0.05) is 25.1 Å². The summed E-state index contributed by atoms with van der Waals surface area (Å²) in [5, 5.41) is 1.39. The number of esters is 1. The number of para-hydroxylation sites is 1. The Bertz CT molecular complexity index is 766. The quantitative estimate of drug-likeness (QED) is 0.854. The van der Waals surface area contributed by atoms with Gasteiger partial charge in [-0.15, -0.1) is 0 Å². The van der Waals surface area contributed by atoms with E-state index >= 15 is 0 Å².